The van der Waals surface area contributed by atoms with Crippen LogP contribution < -0.4 is 5.32 Å². The van der Waals surface area contributed by atoms with Crippen molar-refractivity contribution in [3.63, 3.8) is 0 Å². The van der Waals surface area contributed by atoms with Crippen molar-refractivity contribution in [2.45, 2.75) is 31.2 Å². The lowest BCUT2D eigenvalue weighted by Gasteiger charge is -2.12. The van der Waals surface area contributed by atoms with E-state index in [9.17, 15) is 18.0 Å². The van der Waals surface area contributed by atoms with Crippen molar-refractivity contribution >= 4 is 46.6 Å². The van der Waals surface area contributed by atoms with Crippen molar-refractivity contribution in [3.05, 3.63) is 58.1 Å². The van der Waals surface area contributed by atoms with Crippen molar-refractivity contribution in [2.24, 2.45) is 0 Å². The molecule has 5 nitrogen and oxygen atoms in total. The van der Waals surface area contributed by atoms with Gasteiger partial charge in [-0.1, -0.05) is 41.9 Å². The number of alkyl halides is 3. The highest BCUT2D eigenvalue weighted by Crippen LogP contribution is 2.36. The lowest BCUT2D eigenvalue weighted by Crippen LogP contribution is -2.16. The molecule has 0 fully saturated rings. The number of aromatic nitrogens is 3. The fourth-order valence-corrected chi connectivity index (χ4v) is 3.90. The highest BCUT2D eigenvalue weighted by atomic mass is 35.5. The van der Waals surface area contributed by atoms with Crippen LogP contribution in [0.1, 0.15) is 18.9 Å². The molecule has 0 aliphatic heterocycles. The van der Waals surface area contributed by atoms with Gasteiger partial charge in [-0.05, 0) is 48.9 Å². The van der Waals surface area contributed by atoms with Crippen LogP contribution in [0.4, 0.5) is 18.9 Å². The first-order chi connectivity index (χ1) is 14.7. The fraction of sp³-hybridized carbons (Fsp3) is 0.250. The predicted octanol–water partition coefficient (Wildman–Crippen LogP) is 6.41. The third-order valence-corrected chi connectivity index (χ3v) is 5.70. The smallest absolute Gasteiger partial charge is 0.325 e. The van der Waals surface area contributed by atoms with Gasteiger partial charge in [-0.25, -0.2) is 0 Å². The summed E-state index contributed by atoms with van der Waals surface area (Å²) in [6.07, 6.45) is -3.79. The van der Waals surface area contributed by atoms with E-state index in [1.54, 1.807) is 12.1 Å². The second-order valence-electron chi connectivity index (χ2n) is 6.49. The third-order valence-electron chi connectivity index (χ3n) is 4.15. The quantitative estimate of drug-likeness (QED) is 0.390. The first-order valence-electron chi connectivity index (χ1n) is 9.17. The standard InChI is InChI=1S/C20H17Cl2F3N4OS/c1-2-9-29-18(12-3-5-13(21)6-4-12)27-28-19(29)31-11-17(30)26-14-7-8-16(22)15(10-14)20(23,24)25/h3-8,10H,2,9,11H2,1H3,(H,26,30). The number of amides is 1. The first kappa shape index (κ1) is 23.4. The zero-order chi connectivity index (χ0) is 22.6. The van der Waals surface area contributed by atoms with Gasteiger partial charge in [0.1, 0.15) is 0 Å². The van der Waals surface area contributed by atoms with Gasteiger partial charge in [0.15, 0.2) is 11.0 Å². The molecule has 11 heteroatoms. The van der Waals surface area contributed by atoms with E-state index in [0.29, 0.717) is 22.5 Å². The number of hydrogen-bond donors (Lipinski definition) is 1. The minimum absolute atomic E-state index is 0.0132. The number of anilines is 1. The number of nitrogens with zero attached hydrogens (tertiary/aromatic N) is 3. The van der Waals surface area contributed by atoms with Gasteiger partial charge >= 0.3 is 6.18 Å². The van der Waals surface area contributed by atoms with Crippen LogP contribution in [0.3, 0.4) is 0 Å². The SMILES string of the molecule is CCCn1c(SCC(=O)Nc2ccc(Cl)c(C(F)(F)F)c2)nnc1-c1ccc(Cl)cc1. The minimum Gasteiger partial charge on any atom is -0.325 e. The van der Waals surface area contributed by atoms with Crippen molar-refractivity contribution in [3.8, 4) is 11.4 Å². The molecule has 1 amide bonds. The zero-order valence-corrected chi connectivity index (χ0v) is 18.5. The number of nitrogens with one attached hydrogen (secondary N) is 1. The fourth-order valence-electron chi connectivity index (χ4n) is 2.78. The molecule has 0 aliphatic carbocycles. The van der Waals surface area contributed by atoms with Crippen molar-refractivity contribution in [2.75, 3.05) is 11.1 Å². The maximum atomic E-state index is 13.0. The third kappa shape index (κ3) is 5.93. The summed E-state index contributed by atoms with van der Waals surface area (Å²) in [5, 5.41) is 11.6. The Bertz CT molecular complexity index is 1070. The van der Waals surface area contributed by atoms with E-state index in [0.717, 1.165) is 35.9 Å². The van der Waals surface area contributed by atoms with E-state index in [1.165, 1.54) is 6.07 Å². The van der Waals surface area contributed by atoms with Crippen LogP contribution in [0.25, 0.3) is 11.4 Å². The summed E-state index contributed by atoms with van der Waals surface area (Å²) >= 11 is 12.7. The molecule has 1 N–H and O–H groups in total. The second-order valence-corrected chi connectivity index (χ2v) is 8.28. The van der Waals surface area contributed by atoms with Crippen LogP contribution >= 0.6 is 35.0 Å². The summed E-state index contributed by atoms with van der Waals surface area (Å²) in [6, 6.07) is 10.4. The summed E-state index contributed by atoms with van der Waals surface area (Å²) < 4.78 is 40.9. The Morgan fingerprint density at radius 2 is 1.84 bits per heavy atom. The van der Waals surface area contributed by atoms with Crippen molar-refractivity contribution < 1.29 is 18.0 Å². The molecule has 0 unspecified atom stereocenters. The molecule has 31 heavy (non-hydrogen) atoms. The largest absolute Gasteiger partial charge is 0.417 e. The van der Waals surface area contributed by atoms with E-state index in [2.05, 4.69) is 15.5 Å². The minimum atomic E-state index is -4.61. The molecule has 164 valence electrons. The maximum Gasteiger partial charge on any atom is 0.417 e. The Morgan fingerprint density at radius 1 is 1.13 bits per heavy atom. The van der Waals surface area contributed by atoms with Crippen molar-refractivity contribution in [1.29, 1.82) is 0 Å². The zero-order valence-electron chi connectivity index (χ0n) is 16.2. The maximum absolute atomic E-state index is 13.0. The molecule has 0 aliphatic rings. The van der Waals surface area contributed by atoms with Crippen LogP contribution in [0, 0.1) is 0 Å². The number of hydrogen-bond acceptors (Lipinski definition) is 4. The normalized spacial score (nSPS) is 11.5. The molecule has 0 atom stereocenters. The number of carbonyl (C=O) groups is 1. The average Bonchev–Trinajstić information content (AvgIpc) is 3.10. The van der Waals surface area contributed by atoms with E-state index >= 15 is 0 Å². The average molecular weight is 489 g/mol. The molecular formula is C20H17Cl2F3N4OS. The van der Waals surface area contributed by atoms with Gasteiger partial charge in [-0.15, -0.1) is 10.2 Å². The van der Waals surface area contributed by atoms with Crippen molar-refractivity contribution in [1.82, 2.24) is 14.8 Å². The van der Waals surface area contributed by atoms with Crippen LogP contribution in [-0.4, -0.2) is 26.4 Å². The number of halogens is 5. The molecule has 0 saturated carbocycles. The Morgan fingerprint density at radius 3 is 2.48 bits per heavy atom. The molecule has 2 aromatic carbocycles. The van der Waals surface area contributed by atoms with Gasteiger partial charge in [0.05, 0.1) is 16.3 Å². The molecule has 0 bridgehead atoms. The number of thioether (sulfide) groups is 1. The summed E-state index contributed by atoms with van der Waals surface area (Å²) in [4.78, 5) is 12.3. The Kier molecular flexibility index (Phi) is 7.51. The number of carbonyl (C=O) groups excluding carboxylic acids is 1. The van der Waals surface area contributed by atoms with Gasteiger partial charge < -0.3 is 9.88 Å². The summed E-state index contributed by atoms with van der Waals surface area (Å²) in [5.41, 5.74) is -0.156. The van der Waals surface area contributed by atoms with Gasteiger partial charge in [0, 0.05) is 22.8 Å². The summed E-state index contributed by atoms with van der Waals surface area (Å²) in [7, 11) is 0. The molecule has 1 aromatic heterocycles. The monoisotopic (exact) mass is 488 g/mol. The highest BCUT2D eigenvalue weighted by molar-refractivity contribution is 7.99. The summed E-state index contributed by atoms with van der Waals surface area (Å²) in [5.74, 6) is 0.125. The van der Waals surface area contributed by atoms with Crippen LogP contribution in [0.5, 0.6) is 0 Å². The van der Waals surface area contributed by atoms with E-state index in [4.69, 9.17) is 23.2 Å². The van der Waals surface area contributed by atoms with Gasteiger partial charge in [-0.2, -0.15) is 13.2 Å². The van der Waals surface area contributed by atoms with Gasteiger partial charge in [0.2, 0.25) is 5.91 Å². The number of benzene rings is 2. The Hall–Kier alpha value is -2.23. The van der Waals surface area contributed by atoms with E-state index in [1.807, 2.05) is 23.6 Å². The lowest BCUT2D eigenvalue weighted by atomic mass is 10.2. The number of rotatable bonds is 7. The molecule has 3 rings (SSSR count). The lowest BCUT2D eigenvalue weighted by molar-refractivity contribution is -0.137. The van der Waals surface area contributed by atoms with E-state index < -0.39 is 22.7 Å². The molecular weight excluding hydrogens is 472 g/mol. The van der Waals surface area contributed by atoms with Crippen LogP contribution in [0.15, 0.2) is 47.6 Å². The van der Waals surface area contributed by atoms with Gasteiger partial charge in [-0.3, -0.25) is 4.79 Å². The topological polar surface area (TPSA) is 59.8 Å². The Balaban J connectivity index is 1.71. The first-order valence-corrected chi connectivity index (χ1v) is 10.9. The van der Waals surface area contributed by atoms with Crippen LogP contribution in [-0.2, 0) is 17.5 Å². The second kappa shape index (κ2) is 9.93. The molecule has 0 saturated heterocycles. The predicted molar refractivity (Wildman–Crippen MR) is 117 cm³/mol. The van der Waals surface area contributed by atoms with Gasteiger partial charge in [0.25, 0.3) is 0 Å². The molecule has 0 radical (unpaired) electrons. The molecule has 1 heterocycles. The highest BCUT2D eigenvalue weighted by Gasteiger charge is 2.33. The summed E-state index contributed by atoms with van der Waals surface area (Å²) in [6.45, 7) is 2.65. The van der Waals surface area contributed by atoms with Crippen LogP contribution in [0.2, 0.25) is 10.0 Å². The van der Waals surface area contributed by atoms with E-state index in [-0.39, 0.29) is 11.4 Å². The molecule has 0 spiro atoms. The molecule has 3 aromatic rings. The Labute approximate surface area is 190 Å².